The highest BCUT2D eigenvalue weighted by atomic mass is 16.5. The second kappa shape index (κ2) is 8.06. The lowest BCUT2D eigenvalue weighted by Crippen LogP contribution is -2.21. The Hall–Kier alpha value is -2.72. The van der Waals surface area contributed by atoms with Gasteiger partial charge in [0.25, 0.3) is 5.91 Å². The van der Waals surface area contributed by atoms with Crippen LogP contribution in [0.15, 0.2) is 24.3 Å². The molecule has 7 nitrogen and oxygen atoms in total. The number of rotatable bonds is 7. The number of amides is 1. The minimum Gasteiger partial charge on any atom is -0.372 e. The number of carbonyl (C=O) groups is 1. The van der Waals surface area contributed by atoms with E-state index in [0.29, 0.717) is 29.6 Å². The van der Waals surface area contributed by atoms with Gasteiger partial charge in [0.05, 0.1) is 17.3 Å². The Kier molecular flexibility index (Phi) is 5.83. The van der Waals surface area contributed by atoms with Crippen LogP contribution in [0.2, 0.25) is 0 Å². The zero-order chi connectivity index (χ0) is 16.7. The zero-order valence-electron chi connectivity index (χ0n) is 13.2. The molecule has 7 heteroatoms. The summed E-state index contributed by atoms with van der Waals surface area (Å²) in [6.07, 6.45) is 1.95. The highest BCUT2D eigenvalue weighted by molar-refractivity contribution is 5.90. The summed E-state index contributed by atoms with van der Waals surface area (Å²) in [5, 5.41) is 15.8. The largest absolute Gasteiger partial charge is 0.372 e. The molecule has 0 unspecified atom stereocenters. The van der Waals surface area contributed by atoms with Crippen molar-refractivity contribution in [1.82, 2.24) is 14.8 Å². The molecule has 1 aromatic heterocycles. The van der Waals surface area contributed by atoms with Gasteiger partial charge in [0.2, 0.25) is 5.95 Å². The van der Waals surface area contributed by atoms with Crippen molar-refractivity contribution in [3.05, 3.63) is 35.7 Å². The fourth-order valence-electron chi connectivity index (χ4n) is 1.93. The van der Waals surface area contributed by atoms with Crippen LogP contribution in [-0.4, -0.2) is 33.9 Å². The lowest BCUT2D eigenvalue weighted by atomic mass is 10.2. The summed E-state index contributed by atoms with van der Waals surface area (Å²) >= 11 is 0. The zero-order valence-corrected chi connectivity index (χ0v) is 13.2. The molecule has 0 saturated carbocycles. The quantitative estimate of drug-likeness (QED) is 0.791. The lowest BCUT2D eigenvalue weighted by Gasteiger charge is -2.07. The molecule has 0 radical (unpaired) electrons. The Morgan fingerprint density at radius 1 is 1.39 bits per heavy atom. The van der Waals surface area contributed by atoms with E-state index in [4.69, 9.17) is 10.00 Å². The third-order valence-corrected chi connectivity index (χ3v) is 3.08. The van der Waals surface area contributed by atoms with Crippen LogP contribution in [0.3, 0.4) is 0 Å². The standard InChI is InChI=1S/C16H19N5O2/c1-3-4-9-23-11-15(22)19-16-18-12(2)20-21(16)14-7-5-13(10-17)6-8-14/h5-8H,3-4,9,11H2,1-2H3,(H,18,19,20,22). The van der Waals surface area contributed by atoms with Crippen LogP contribution in [0.4, 0.5) is 5.95 Å². The van der Waals surface area contributed by atoms with Crippen molar-refractivity contribution < 1.29 is 9.53 Å². The molecule has 0 spiro atoms. The maximum Gasteiger partial charge on any atom is 0.252 e. The number of nitrogens with zero attached hydrogens (tertiary/aromatic N) is 4. The van der Waals surface area contributed by atoms with E-state index in [-0.39, 0.29) is 12.5 Å². The molecule has 23 heavy (non-hydrogen) atoms. The van der Waals surface area contributed by atoms with Crippen LogP contribution in [0.5, 0.6) is 0 Å². The van der Waals surface area contributed by atoms with Gasteiger partial charge in [0.1, 0.15) is 12.4 Å². The Labute approximate surface area is 134 Å². The molecule has 1 heterocycles. The second-order valence-corrected chi connectivity index (χ2v) is 5.01. The summed E-state index contributed by atoms with van der Waals surface area (Å²) in [5.41, 5.74) is 1.27. The van der Waals surface area contributed by atoms with Gasteiger partial charge < -0.3 is 4.74 Å². The molecule has 120 valence electrons. The number of hydrogen-bond donors (Lipinski definition) is 1. The van der Waals surface area contributed by atoms with E-state index in [2.05, 4.69) is 28.4 Å². The number of anilines is 1. The molecule has 2 aromatic rings. The minimum absolute atomic E-state index is 0.0146. The summed E-state index contributed by atoms with van der Waals surface area (Å²) in [4.78, 5) is 16.1. The molecular weight excluding hydrogens is 294 g/mol. The van der Waals surface area contributed by atoms with Crippen LogP contribution < -0.4 is 5.32 Å². The Morgan fingerprint density at radius 2 is 2.13 bits per heavy atom. The van der Waals surface area contributed by atoms with Crippen LogP contribution in [0.1, 0.15) is 31.2 Å². The molecule has 0 aliphatic rings. The van der Waals surface area contributed by atoms with Gasteiger partial charge in [-0.2, -0.15) is 14.9 Å². The fraction of sp³-hybridized carbons (Fsp3) is 0.375. The average Bonchev–Trinajstić information content (AvgIpc) is 2.92. The van der Waals surface area contributed by atoms with Crippen molar-refractivity contribution in [2.75, 3.05) is 18.5 Å². The first kappa shape index (κ1) is 16.6. The molecule has 0 aliphatic heterocycles. The average molecular weight is 313 g/mol. The molecule has 0 aliphatic carbocycles. The number of unbranched alkanes of at least 4 members (excludes halogenated alkanes) is 1. The molecular formula is C16H19N5O2. The number of ether oxygens (including phenoxy) is 1. The molecule has 2 rings (SSSR count). The van der Waals surface area contributed by atoms with Crippen molar-refractivity contribution >= 4 is 11.9 Å². The molecule has 0 bridgehead atoms. The van der Waals surface area contributed by atoms with Gasteiger partial charge >= 0.3 is 0 Å². The lowest BCUT2D eigenvalue weighted by molar-refractivity contribution is -0.120. The highest BCUT2D eigenvalue weighted by Gasteiger charge is 2.12. The summed E-state index contributed by atoms with van der Waals surface area (Å²) in [6, 6.07) is 8.93. The van der Waals surface area contributed by atoms with E-state index < -0.39 is 0 Å². The number of carbonyl (C=O) groups excluding carboxylic acids is 1. The van der Waals surface area contributed by atoms with Crippen molar-refractivity contribution in [3.8, 4) is 11.8 Å². The Balaban J connectivity index is 2.08. The first-order valence-electron chi connectivity index (χ1n) is 7.46. The number of nitrogens with one attached hydrogen (secondary N) is 1. The first-order chi connectivity index (χ1) is 11.1. The normalized spacial score (nSPS) is 10.3. The van der Waals surface area contributed by atoms with Gasteiger partial charge in [-0.15, -0.1) is 5.10 Å². The Bertz CT molecular complexity index is 700. The van der Waals surface area contributed by atoms with E-state index >= 15 is 0 Å². The molecule has 1 amide bonds. The van der Waals surface area contributed by atoms with Gasteiger partial charge in [-0.25, -0.2) is 0 Å². The summed E-state index contributed by atoms with van der Waals surface area (Å²) in [7, 11) is 0. The molecule has 0 atom stereocenters. The summed E-state index contributed by atoms with van der Waals surface area (Å²) in [6.45, 7) is 4.35. The van der Waals surface area contributed by atoms with Crippen molar-refractivity contribution in [1.29, 1.82) is 5.26 Å². The topological polar surface area (TPSA) is 92.8 Å². The van der Waals surface area contributed by atoms with Crippen LogP contribution in [0, 0.1) is 18.3 Å². The molecule has 1 N–H and O–H groups in total. The monoisotopic (exact) mass is 313 g/mol. The minimum atomic E-state index is -0.275. The highest BCUT2D eigenvalue weighted by Crippen LogP contribution is 2.14. The fourth-order valence-corrected chi connectivity index (χ4v) is 1.93. The summed E-state index contributed by atoms with van der Waals surface area (Å²) < 4.78 is 6.81. The maximum atomic E-state index is 11.9. The third kappa shape index (κ3) is 4.63. The van der Waals surface area contributed by atoms with E-state index in [9.17, 15) is 4.79 Å². The van der Waals surface area contributed by atoms with Crippen LogP contribution in [0.25, 0.3) is 5.69 Å². The van der Waals surface area contributed by atoms with E-state index in [1.807, 2.05) is 0 Å². The van der Waals surface area contributed by atoms with Gasteiger partial charge in [0.15, 0.2) is 0 Å². The summed E-state index contributed by atoms with van der Waals surface area (Å²) in [5.74, 6) is 0.594. The van der Waals surface area contributed by atoms with E-state index in [1.165, 1.54) is 4.68 Å². The number of aryl methyl sites for hydroxylation is 1. The predicted molar refractivity (Wildman–Crippen MR) is 85.2 cm³/mol. The third-order valence-electron chi connectivity index (χ3n) is 3.08. The number of benzene rings is 1. The number of nitriles is 1. The molecule has 0 saturated heterocycles. The van der Waals surface area contributed by atoms with E-state index in [1.54, 1.807) is 31.2 Å². The van der Waals surface area contributed by atoms with E-state index in [0.717, 1.165) is 12.8 Å². The van der Waals surface area contributed by atoms with Crippen LogP contribution >= 0.6 is 0 Å². The van der Waals surface area contributed by atoms with Gasteiger partial charge in [-0.1, -0.05) is 13.3 Å². The van der Waals surface area contributed by atoms with Crippen molar-refractivity contribution in [2.24, 2.45) is 0 Å². The molecule has 1 aromatic carbocycles. The van der Waals surface area contributed by atoms with Crippen LogP contribution in [-0.2, 0) is 9.53 Å². The smallest absolute Gasteiger partial charge is 0.252 e. The Morgan fingerprint density at radius 3 is 2.78 bits per heavy atom. The predicted octanol–water partition coefficient (Wildman–Crippen LogP) is 2.20. The van der Waals surface area contributed by atoms with Gasteiger partial charge in [-0.05, 0) is 37.6 Å². The van der Waals surface area contributed by atoms with Crippen molar-refractivity contribution in [3.63, 3.8) is 0 Å². The maximum absolute atomic E-state index is 11.9. The number of aromatic nitrogens is 3. The SMILES string of the molecule is CCCCOCC(=O)Nc1nc(C)nn1-c1ccc(C#N)cc1. The first-order valence-corrected chi connectivity index (χ1v) is 7.46. The van der Waals surface area contributed by atoms with Gasteiger partial charge in [0, 0.05) is 6.61 Å². The second-order valence-electron chi connectivity index (χ2n) is 5.01. The van der Waals surface area contributed by atoms with Gasteiger partial charge in [-0.3, -0.25) is 10.1 Å². The molecule has 0 fully saturated rings. The number of hydrogen-bond acceptors (Lipinski definition) is 5. The van der Waals surface area contributed by atoms with Crippen molar-refractivity contribution in [2.45, 2.75) is 26.7 Å².